The van der Waals surface area contributed by atoms with Gasteiger partial charge in [-0.1, -0.05) is 24.6 Å². The smallest absolute Gasteiger partial charge is 0.186 e. The predicted octanol–water partition coefficient (Wildman–Crippen LogP) is 0.493. The SMILES string of the molecule is OCC1(O)CO[C@H](OCC2O[C@H](O[C@@H]3CCCCc4ccc(O)c(c4)Oc4ccc(cc4)CC3)[C@H](O)C(O)[C@H]2O)[C@@H]1O. The van der Waals surface area contributed by atoms with E-state index in [2.05, 4.69) is 0 Å². The summed E-state index contributed by atoms with van der Waals surface area (Å²) in [5.74, 6) is 1.07. The lowest BCUT2D eigenvalue weighted by atomic mass is 9.98. The van der Waals surface area contributed by atoms with Crippen molar-refractivity contribution < 1.29 is 59.4 Å². The van der Waals surface area contributed by atoms with E-state index in [-0.39, 0.29) is 25.1 Å². The van der Waals surface area contributed by atoms with Crippen LogP contribution in [0.2, 0.25) is 0 Å². The minimum atomic E-state index is -1.87. The molecule has 0 spiro atoms. The van der Waals surface area contributed by atoms with E-state index in [4.69, 9.17) is 23.7 Å². The van der Waals surface area contributed by atoms with E-state index in [9.17, 15) is 35.7 Å². The van der Waals surface area contributed by atoms with Crippen LogP contribution in [0.15, 0.2) is 42.5 Å². The van der Waals surface area contributed by atoms with Crippen LogP contribution in [0.3, 0.4) is 0 Å². The molecule has 3 unspecified atom stereocenters. The lowest BCUT2D eigenvalue weighted by molar-refractivity contribution is -0.319. The van der Waals surface area contributed by atoms with Crippen LogP contribution in [0.1, 0.15) is 36.8 Å². The molecule has 4 aliphatic rings. The van der Waals surface area contributed by atoms with Crippen molar-refractivity contribution in [1.29, 1.82) is 0 Å². The van der Waals surface area contributed by atoms with E-state index in [0.29, 0.717) is 30.8 Å². The molecule has 0 amide bonds. The van der Waals surface area contributed by atoms with Crippen LogP contribution in [-0.2, 0) is 31.8 Å². The van der Waals surface area contributed by atoms with Crippen LogP contribution in [0.4, 0.5) is 0 Å². The maximum Gasteiger partial charge on any atom is 0.186 e. The molecule has 7 N–H and O–H groups in total. The van der Waals surface area contributed by atoms with E-state index >= 15 is 0 Å². The Hall–Kier alpha value is -2.36. The van der Waals surface area contributed by atoms with Gasteiger partial charge in [0.05, 0.1) is 25.9 Å². The molecule has 2 aromatic rings. The van der Waals surface area contributed by atoms with Crippen LogP contribution in [0.5, 0.6) is 17.2 Å². The number of aryl methyl sites for hydroxylation is 2. The van der Waals surface area contributed by atoms with Crippen molar-refractivity contribution in [3.63, 3.8) is 0 Å². The Bertz CT molecular complexity index is 1160. The second kappa shape index (κ2) is 13.5. The van der Waals surface area contributed by atoms with Crippen LogP contribution in [0.25, 0.3) is 0 Å². The van der Waals surface area contributed by atoms with Gasteiger partial charge in [0.1, 0.15) is 41.9 Å². The third kappa shape index (κ3) is 7.05. The summed E-state index contributed by atoms with van der Waals surface area (Å²) in [6, 6.07) is 12.8. The molecule has 42 heavy (non-hydrogen) atoms. The standard InChI is InChI=1S/C30H40O12/c31-15-30(37)16-39-29(27(30)36)38-14-23-24(33)25(34)26(35)28(42-23)41-19-4-2-1-3-18-8-12-21(32)22(13-18)40-20-10-6-17(5-9-19)7-11-20/h6-8,10-13,19,23-29,31-37H,1-5,9,14-16H2/t19-,23?,24+,25?,26-,27+,28+,29+,30?/m1/s1. The Kier molecular flexibility index (Phi) is 10.0. The maximum atomic E-state index is 10.7. The molecule has 0 saturated carbocycles. The van der Waals surface area contributed by atoms with Crippen LogP contribution < -0.4 is 4.74 Å². The van der Waals surface area contributed by atoms with Crippen molar-refractivity contribution in [2.45, 2.75) is 93.3 Å². The highest BCUT2D eigenvalue weighted by atomic mass is 16.7. The van der Waals surface area contributed by atoms with Crippen LogP contribution >= 0.6 is 0 Å². The molecule has 6 rings (SSSR count). The molecule has 2 fully saturated rings. The van der Waals surface area contributed by atoms with Crippen molar-refractivity contribution in [2.75, 3.05) is 19.8 Å². The number of benzene rings is 2. The Morgan fingerprint density at radius 2 is 1.62 bits per heavy atom. The molecule has 4 heterocycles. The van der Waals surface area contributed by atoms with Crippen molar-refractivity contribution in [1.82, 2.24) is 0 Å². The van der Waals surface area contributed by atoms with E-state index in [1.807, 2.05) is 36.4 Å². The van der Waals surface area contributed by atoms with Crippen LogP contribution in [0, 0.1) is 0 Å². The fourth-order valence-electron chi connectivity index (χ4n) is 5.44. The van der Waals surface area contributed by atoms with E-state index in [1.54, 1.807) is 6.07 Å². The average molecular weight is 593 g/mol. The summed E-state index contributed by atoms with van der Waals surface area (Å²) < 4.78 is 28.7. The van der Waals surface area contributed by atoms with Gasteiger partial charge in [0, 0.05) is 0 Å². The number of ether oxygens (including phenoxy) is 5. The number of hydrogen-bond acceptors (Lipinski definition) is 12. The van der Waals surface area contributed by atoms with Gasteiger partial charge in [0.25, 0.3) is 0 Å². The summed E-state index contributed by atoms with van der Waals surface area (Å²) >= 11 is 0. The number of phenols is 1. The quantitative estimate of drug-likeness (QED) is 0.246. The molecule has 2 saturated heterocycles. The fourth-order valence-corrected chi connectivity index (χ4v) is 5.44. The zero-order valence-corrected chi connectivity index (χ0v) is 23.2. The normalized spacial score (nSPS) is 35.8. The molecule has 2 aromatic carbocycles. The summed E-state index contributed by atoms with van der Waals surface area (Å²) in [6.07, 6.45) is -5.87. The summed E-state index contributed by atoms with van der Waals surface area (Å²) in [6.45, 7) is -1.42. The number of aromatic hydroxyl groups is 1. The van der Waals surface area contributed by atoms with Gasteiger partial charge in [-0.05, 0) is 67.5 Å². The summed E-state index contributed by atoms with van der Waals surface area (Å²) in [5.41, 5.74) is 0.182. The summed E-state index contributed by atoms with van der Waals surface area (Å²) in [7, 11) is 0. The van der Waals surface area contributed by atoms with E-state index in [0.717, 1.165) is 30.4 Å². The second-order valence-electron chi connectivity index (χ2n) is 11.3. The monoisotopic (exact) mass is 592 g/mol. The van der Waals surface area contributed by atoms with Gasteiger partial charge in [-0.3, -0.25) is 0 Å². The van der Waals surface area contributed by atoms with Gasteiger partial charge in [-0.15, -0.1) is 0 Å². The van der Waals surface area contributed by atoms with Crippen molar-refractivity contribution in [3.8, 4) is 17.2 Å². The highest BCUT2D eigenvalue weighted by molar-refractivity contribution is 5.45. The number of aliphatic hydroxyl groups excluding tert-OH is 5. The molecule has 0 radical (unpaired) electrons. The maximum absolute atomic E-state index is 10.7. The molecular formula is C30H40O12. The van der Waals surface area contributed by atoms with E-state index < -0.39 is 55.3 Å². The molecule has 12 heteroatoms. The zero-order valence-electron chi connectivity index (χ0n) is 23.2. The van der Waals surface area contributed by atoms with E-state index in [1.165, 1.54) is 0 Å². The third-order valence-corrected chi connectivity index (χ3v) is 8.17. The number of fused-ring (bicyclic) bond motifs is 8. The Morgan fingerprint density at radius 1 is 0.857 bits per heavy atom. The number of rotatable bonds is 6. The first-order valence-electron chi connectivity index (χ1n) is 14.3. The largest absolute Gasteiger partial charge is 0.504 e. The van der Waals surface area contributed by atoms with Crippen molar-refractivity contribution in [2.24, 2.45) is 0 Å². The number of hydrogen-bond donors (Lipinski definition) is 7. The van der Waals surface area contributed by atoms with Gasteiger partial charge in [-0.2, -0.15) is 0 Å². The molecule has 232 valence electrons. The lowest BCUT2D eigenvalue weighted by Gasteiger charge is -2.41. The number of phenolic OH excluding ortho intramolecular Hbond substituents is 1. The topological polar surface area (TPSA) is 188 Å². The first-order valence-corrected chi connectivity index (χ1v) is 14.3. The van der Waals surface area contributed by atoms with Crippen molar-refractivity contribution in [3.05, 3.63) is 53.6 Å². The van der Waals surface area contributed by atoms with Gasteiger partial charge in [0.15, 0.2) is 24.1 Å². The highest BCUT2D eigenvalue weighted by Crippen LogP contribution is 2.33. The molecular weight excluding hydrogens is 552 g/mol. The molecule has 0 aromatic heterocycles. The Labute approximate surface area is 243 Å². The lowest BCUT2D eigenvalue weighted by Crippen LogP contribution is -2.60. The summed E-state index contributed by atoms with van der Waals surface area (Å²) in [5, 5.41) is 71.8. The van der Waals surface area contributed by atoms with Crippen molar-refractivity contribution >= 4 is 0 Å². The predicted molar refractivity (Wildman–Crippen MR) is 146 cm³/mol. The first kappa shape index (κ1) is 31.1. The molecule has 9 atom stereocenters. The minimum Gasteiger partial charge on any atom is -0.504 e. The molecule has 4 bridgehead atoms. The molecule has 4 aliphatic heterocycles. The zero-order chi connectivity index (χ0) is 29.9. The van der Waals surface area contributed by atoms with Gasteiger partial charge < -0.3 is 59.4 Å². The summed E-state index contributed by atoms with van der Waals surface area (Å²) in [4.78, 5) is 0. The molecule has 0 aliphatic carbocycles. The highest BCUT2D eigenvalue weighted by Gasteiger charge is 2.50. The molecule has 12 nitrogen and oxygen atoms in total. The Morgan fingerprint density at radius 3 is 2.36 bits per heavy atom. The van der Waals surface area contributed by atoms with Gasteiger partial charge in [0.2, 0.25) is 0 Å². The fraction of sp³-hybridized carbons (Fsp3) is 0.600. The van der Waals surface area contributed by atoms with Gasteiger partial charge in [-0.25, -0.2) is 0 Å². The average Bonchev–Trinajstić information content (AvgIpc) is 3.28. The minimum absolute atomic E-state index is 0.0706. The van der Waals surface area contributed by atoms with Crippen LogP contribution in [-0.4, -0.2) is 110 Å². The third-order valence-electron chi connectivity index (χ3n) is 8.17. The van der Waals surface area contributed by atoms with Gasteiger partial charge >= 0.3 is 0 Å². The number of aliphatic hydroxyl groups is 6. The second-order valence-corrected chi connectivity index (χ2v) is 11.3. The first-order chi connectivity index (χ1) is 20.2. The Balaban J connectivity index is 1.24.